The monoisotopic (exact) mass is 486 g/mol. The molecule has 1 aromatic rings. The molecule has 0 saturated carbocycles. The van der Waals surface area contributed by atoms with Crippen molar-refractivity contribution in [3.8, 4) is 0 Å². The van der Waals surface area contributed by atoms with Gasteiger partial charge in [0.15, 0.2) is 6.61 Å². The van der Waals surface area contributed by atoms with Gasteiger partial charge in [-0.2, -0.15) is 4.31 Å². The maximum absolute atomic E-state index is 13.2. The van der Waals surface area contributed by atoms with E-state index in [-0.39, 0.29) is 53.3 Å². The van der Waals surface area contributed by atoms with Gasteiger partial charge in [0.05, 0.1) is 22.8 Å². The fourth-order valence-corrected chi connectivity index (χ4v) is 6.55. The van der Waals surface area contributed by atoms with E-state index in [9.17, 15) is 18.0 Å². The van der Waals surface area contributed by atoms with Crippen LogP contribution in [0.5, 0.6) is 0 Å². The summed E-state index contributed by atoms with van der Waals surface area (Å²) >= 11 is 6.18. The van der Waals surface area contributed by atoms with Gasteiger partial charge in [0.2, 0.25) is 10.0 Å². The van der Waals surface area contributed by atoms with Crippen LogP contribution in [0.3, 0.4) is 0 Å². The molecule has 2 aliphatic heterocycles. The van der Waals surface area contributed by atoms with Gasteiger partial charge in [0.25, 0.3) is 5.91 Å². The molecule has 0 aliphatic carbocycles. The predicted octanol–water partition coefficient (Wildman–Crippen LogP) is 2.80. The molecule has 0 unspecified atom stereocenters. The molecule has 4 atom stereocenters. The van der Waals surface area contributed by atoms with Crippen LogP contribution >= 0.6 is 11.6 Å². The number of rotatable bonds is 5. The number of sulfonamides is 1. The Morgan fingerprint density at radius 2 is 1.66 bits per heavy atom. The summed E-state index contributed by atoms with van der Waals surface area (Å²) in [5.74, 6) is -0.232. The molecule has 2 fully saturated rings. The topological polar surface area (TPSA) is 93.2 Å². The molecule has 2 heterocycles. The van der Waals surface area contributed by atoms with Crippen molar-refractivity contribution in [3.63, 3.8) is 0 Å². The minimum absolute atomic E-state index is 0.0146. The number of hydrogen-bond donors (Lipinski definition) is 0. The van der Waals surface area contributed by atoms with Crippen molar-refractivity contribution in [1.29, 1.82) is 0 Å². The number of nitrogens with zero attached hydrogens (tertiary/aromatic N) is 2. The van der Waals surface area contributed by atoms with Gasteiger partial charge in [-0.05, 0) is 50.3 Å². The van der Waals surface area contributed by atoms with Gasteiger partial charge in [-0.15, -0.1) is 0 Å². The lowest BCUT2D eigenvalue weighted by molar-refractivity contribution is -0.137. The third-order valence-corrected chi connectivity index (χ3v) is 8.03. The van der Waals surface area contributed by atoms with Gasteiger partial charge in [0, 0.05) is 26.2 Å². The van der Waals surface area contributed by atoms with E-state index in [4.69, 9.17) is 21.1 Å². The fraction of sp³-hybridized carbons (Fsp3) is 0.636. The van der Waals surface area contributed by atoms with Crippen molar-refractivity contribution in [1.82, 2.24) is 9.21 Å². The Balaban J connectivity index is 1.71. The Kier molecular flexibility index (Phi) is 7.85. The molecule has 2 saturated heterocycles. The normalized spacial score (nSPS) is 27.2. The minimum atomic E-state index is -3.94. The van der Waals surface area contributed by atoms with E-state index in [2.05, 4.69) is 13.8 Å². The largest absolute Gasteiger partial charge is 0.452 e. The molecule has 0 radical (unpaired) electrons. The van der Waals surface area contributed by atoms with Crippen LogP contribution in [0, 0.1) is 11.8 Å². The van der Waals surface area contributed by atoms with Gasteiger partial charge >= 0.3 is 5.97 Å². The Bertz CT molecular complexity index is 949. The molecular weight excluding hydrogens is 456 g/mol. The van der Waals surface area contributed by atoms with Gasteiger partial charge in [-0.1, -0.05) is 25.4 Å². The van der Waals surface area contributed by atoms with Gasteiger partial charge in [0.1, 0.15) is 4.90 Å². The summed E-state index contributed by atoms with van der Waals surface area (Å²) in [6.07, 6.45) is 0.546. The van der Waals surface area contributed by atoms with Gasteiger partial charge in [-0.25, -0.2) is 13.2 Å². The van der Waals surface area contributed by atoms with Crippen molar-refractivity contribution in [2.75, 3.05) is 32.8 Å². The smallest absolute Gasteiger partial charge is 0.338 e. The number of amides is 1. The minimum Gasteiger partial charge on any atom is -0.452 e. The number of likely N-dealkylation sites (tertiary alicyclic amines) is 1. The fourth-order valence-electron chi connectivity index (χ4n) is 4.46. The van der Waals surface area contributed by atoms with E-state index >= 15 is 0 Å². The third-order valence-electron chi connectivity index (χ3n) is 5.72. The first-order chi connectivity index (χ1) is 15.0. The zero-order valence-corrected chi connectivity index (χ0v) is 20.5. The Morgan fingerprint density at radius 1 is 1.06 bits per heavy atom. The molecule has 10 heteroatoms. The van der Waals surface area contributed by atoms with Crippen molar-refractivity contribution < 1.29 is 27.5 Å². The zero-order chi connectivity index (χ0) is 23.6. The Morgan fingerprint density at radius 3 is 2.25 bits per heavy atom. The van der Waals surface area contributed by atoms with Crippen LogP contribution in [0.25, 0.3) is 0 Å². The van der Waals surface area contributed by atoms with Crippen LogP contribution in [0.4, 0.5) is 0 Å². The summed E-state index contributed by atoms with van der Waals surface area (Å²) in [5, 5.41) is 0.0146. The lowest BCUT2D eigenvalue weighted by Gasteiger charge is -2.34. The third kappa shape index (κ3) is 5.81. The van der Waals surface area contributed by atoms with E-state index in [1.54, 1.807) is 18.7 Å². The average Bonchev–Trinajstić information content (AvgIpc) is 2.70. The number of halogens is 1. The molecule has 32 heavy (non-hydrogen) atoms. The number of carbonyl (C=O) groups is 2. The van der Waals surface area contributed by atoms with Crippen molar-refractivity contribution in [2.24, 2.45) is 11.8 Å². The molecule has 0 spiro atoms. The first-order valence-electron chi connectivity index (χ1n) is 10.9. The standard InChI is InChI=1S/C22H31ClN2O6S/c1-14-7-15(2)10-24(9-14)21(26)13-30-22(27)18-5-6-19(23)20(8-18)32(28,29)25-11-16(3)31-17(4)12-25/h5-6,8,14-17H,7,9-13H2,1-4H3/t14-,15-,16-,17+/m1/s1. The molecule has 2 aliphatic rings. The second kappa shape index (κ2) is 10.1. The number of piperidine rings is 1. The molecule has 8 nitrogen and oxygen atoms in total. The van der Waals surface area contributed by atoms with Crippen molar-refractivity contribution in [3.05, 3.63) is 28.8 Å². The van der Waals surface area contributed by atoms with E-state index in [1.165, 1.54) is 22.5 Å². The van der Waals surface area contributed by atoms with E-state index < -0.39 is 16.0 Å². The highest BCUT2D eigenvalue weighted by Gasteiger charge is 2.34. The van der Waals surface area contributed by atoms with Crippen LogP contribution in [0.15, 0.2) is 23.1 Å². The second-order valence-corrected chi connectivity index (χ2v) is 11.4. The second-order valence-electron chi connectivity index (χ2n) is 9.05. The first kappa shape index (κ1) is 25.0. The molecular formula is C22H31ClN2O6S. The van der Waals surface area contributed by atoms with Gasteiger partial charge < -0.3 is 14.4 Å². The summed E-state index contributed by atoms with van der Waals surface area (Å²) in [4.78, 5) is 26.6. The number of carbonyl (C=O) groups excluding carboxylic acids is 2. The van der Waals surface area contributed by atoms with Crippen LogP contribution in [-0.2, 0) is 24.3 Å². The van der Waals surface area contributed by atoms with Crippen molar-refractivity contribution in [2.45, 2.75) is 51.2 Å². The van der Waals surface area contributed by atoms with Crippen LogP contribution in [0.2, 0.25) is 5.02 Å². The van der Waals surface area contributed by atoms with E-state index in [1.807, 2.05) is 0 Å². The highest BCUT2D eigenvalue weighted by Crippen LogP contribution is 2.28. The lowest BCUT2D eigenvalue weighted by Crippen LogP contribution is -2.48. The summed E-state index contributed by atoms with van der Waals surface area (Å²) in [5.41, 5.74) is 0.0236. The average molecular weight is 487 g/mol. The number of hydrogen-bond acceptors (Lipinski definition) is 6. The number of ether oxygens (including phenoxy) is 2. The highest BCUT2D eigenvalue weighted by molar-refractivity contribution is 7.89. The molecule has 178 valence electrons. The molecule has 1 aromatic carbocycles. The molecule has 0 aromatic heterocycles. The Labute approximate surface area is 194 Å². The maximum atomic E-state index is 13.2. The summed E-state index contributed by atoms with van der Waals surface area (Å²) in [7, 11) is -3.94. The van der Waals surface area contributed by atoms with Gasteiger partial charge in [-0.3, -0.25) is 4.79 Å². The molecule has 3 rings (SSSR count). The SMILES string of the molecule is C[C@@H]1C[C@@H](C)CN(C(=O)COC(=O)c2ccc(Cl)c(S(=O)(=O)N3C[C@@H](C)O[C@@H](C)C3)c2)C1. The highest BCUT2D eigenvalue weighted by atomic mass is 35.5. The zero-order valence-electron chi connectivity index (χ0n) is 18.9. The maximum Gasteiger partial charge on any atom is 0.338 e. The quantitative estimate of drug-likeness (QED) is 0.594. The number of benzene rings is 1. The number of morpholine rings is 1. The Hall–Kier alpha value is -1.68. The number of esters is 1. The van der Waals surface area contributed by atoms with E-state index in [0.717, 1.165) is 6.42 Å². The summed E-state index contributed by atoms with van der Waals surface area (Å²) in [6.45, 7) is 9.06. The first-order valence-corrected chi connectivity index (χ1v) is 12.7. The molecule has 1 amide bonds. The molecule has 0 bridgehead atoms. The predicted molar refractivity (Wildman–Crippen MR) is 120 cm³/mol. The van der Waals surface area contributed by atoms with Crippen molar-refractivity contribution >= 4 is 33.5 Å². The van der Waals surface area contributed by atoms with Crippen LogP contribution in [0.1, 0.15) is 44.5 Å². The summed E-state index contributed by atoms with van der Waals surface area (Å²) in [6, 6.07) is 3.96. The molecule has 0 N–H and O–H groups in total. The van der Waals surface area contributed by atoms with Crippen LogP contribution < -0.4 is 0 Å². The summed E-state index contributed by atoms with van der Waals surface area (Å²) < 4.78 is 38.5. The van der Waals surface area contributed by atoms with Crippen LogP contribution in [-0.4, -0.2) is 74.5 Å². The lowest BCUT2D eigenvalue weighted by atomic mass is 9.92. The van der Waals surface area contributed by atoms with E-state index in [0.29, 0.717) is 24.9 Å².